The first-order chi connectivity index (χ1) is 11.1. The first kappa shape index (κ1) is 15.9. The molecule has 2 N–H and O–H groups in total. The van der Waals surface area contributed by atoms with Gasteiger partial charge >= 0.3 is 5.97 Å². The molecule has 23 heavy (non-hydrogen) atoms. The van der Waals surface area contributed by atoms with E-state index in [1.54, 1.807) is 23.4 Å². The molecule has 0 radical (unpaired) electrons. The summed E-state index contributed by atoms with van der Waals surface area (Å²) >= 11 is 0. The van der Waals surface area contributed by atoms with Crippen LogP contribution in [0.25, 0.3) is 0 Å². The van der Waals surface area contributed by atoms with Crippen LogP contribution in [-0.2, 0) is 9.59 Å². The van der Waals surface area contributed by atoms with E-state index in [-0.39, 0.29) is 30.4 Å². The van der Waals surface area contributed by atoms with Gasteiger partial charge in [0.1, 0.15) is 0 Å². The van der Waals surface area contributed by atoms with Crippen molar-refractivity contribution in [2.75, 3.05) is 13.1 Å². The fraction of sp³-hybridized carbons (Fsp3) is 0.588. The summed E-state index contributed by atoms with van der Waals surface area (Å²) < 4.78 is 0. The van der Waals surface area contributed by atoms with Crippen molar-refractivity contribution < 1.29 is 19.8 Å². The molecular weight excluding hydrogens is 296 g/mol. The molecule has 1 aromatic rings. The summed E-state index contributed by atoms with van der Waals surface area (Å²) in [5, 5.41) is 19.1. The van der Waals surface area contributed by atoms with E-state index >= 15 is 0 Å². The zero-order chi connectivity index (χ0) is 16.4. The van der Waals surface area contributed by atoms with Crippen molar-refractivity contribution in [2.24, 2.45) is 11.8 Å². The van der Waals surface area contributed by atoms with Gasteiger partial charge in [-0.15, -0.1) is 0 Å². The van der Waals surface area contributed by atoms with Crippen molar-refractivity contribution >= 4 is 11.9 Å². The Morgan fingerprint density at radius 2 is 1.91 bits per heavy atom. The Morgan fingerprint density at radius 1 is 1.17 bits per heavy atom. The Balaban J connectivity index is 1.72. The summed E-state index contributed by atoms with van der Waals surface area (Å²) in [6.07, 6.45) is 5.72. The molecule has 2 heterocycles. The summed E-state index contributed by atoms with van der Waals surface area (Å²) in [4.78, 5) is 30.0. The average Bonchev–Trinajstić information content (AvgIpc) is 3.01. The number of aliphatic hydroxyl groups excluding tert-OH is 1. The number of hydrogen-bond donors (Lipinski definition) is 2. The van der Waals surface area contributed by atoms with Crippen LogP contribution in [0.2, 0.25) is 0 Å². The van der Waals surface area contributed by atoms with Crippen molar-refractivity contribution in [1.29, 1.82) is 0 Å². The molecule has 6 nitrogen and oxygen atoms in total. The number of aromatic nitrogens is 1. The number of nitrogens with zero attached hydrogens (tertiary/aromatic N) is 2. The van der Waals surface area contributed by atoms with Gasteiger partial charge in [0.15, 0.2) is 0 Å². The molecule has 3 rings (SSSR count). The van der Waals surface area contributed by atoms with E-state index in [0.29, 0.717) is 32.2 Å². The fourth-order valence-corrected chi connectivity index (χ4v) is 3.75. The molecule has 0 bridgehead atoms. The fourth-order valence-electron chi connectivity index (χ4n) is 3.75. The first-order valence-corrected chi connectivity index (χ1v) is 8.16. The van der Waals surface area contributed by atoms with Gasteiger partial charge in [0.2, 0.25) is 5.91 Å². The molecule has 1 saturated carbocycles. The van der Waals surface area contributed by atoms with Gasteiger partial charge in [-0.2, -0.15) is 0 Å². The van der Waals surface area contributed by atoms with E-state index < -0.39 is 11.9 Å². The van der Waals surface area contributed by atoms with Crippen LogP contribution < -0.4 is 0 Å². The number of likely N-dealkylation sites (tertiary alicyclic amines) is 1. The minimum Gasteiger partial charge on any atom is -0.481 e. The number of carbonyl (C=O) groups excluding carboxylic acids is 1. The third kappa shape index (κ3) is 3.37. The number of hydrogen-bond acceptors (Lipinski definition) is 4. The molecule has 2 aliphatic rings. The van der Waals surface area contributed by atoms with E-state index in [1.807, 2.05) is 6.07 Å². The van der Waals surface area contributed by atoms with Crippen LogP contribution in [0, 0.1) is 11.8 Å². The van der Waals surface area contributed by atoms with E-state index in [1.165, 1.54) is 0 Å². The quantitative estimate of drug-likeness (QED) is 0.875. The molecule has 2 atom stereocenters. The molecule has 0 aromatic carbocycles. The largest absolute Gasteiger partial charge is 0.481 e. The first-order valence-electron chi connectivity index (χ1n) is 8.16. The third-order valence-electron chi connectivity index (χ3n) is 5.11. The molecule has 1 aliphatic carbocycles. The van der Waals surface area contributed by atoms with Crippen molar-refractivity contribution in [2.45, 2.75) is 37.7 Å². The highest BCUT2D eigenvalue weighted by Gasteiger charge is 2.42. The molecule has 1 aliphatic heterocycles. The predicted molar refractivity (Wildman–Crippen MR) is 82.6 cm³/mol. The van der Waals surface area contributed by atoms with Gasteiger partial charge in [0, 0.05) is 37.3 Å². The molecule has 2 fully saturated rings. The van der Waals surface area contributed by atoms with Crippen molar-refractivity contribution in [3.8, 4) is 0 Å². The molecule has 0 spiro atoms. The Morgan fingerprint density at radius 3 is 2.52 bits per heavy atom. The van der Waals surface area contributed by atoms with Crippen molar-refractivity contribution in [3.05, 3.63) is 30.1 Å². The number of carboxylic acid groups (broad SMARTS) is 1. The molecule has 1 aromatic heterocycles. The smallest absolute Gasteiger partial charge is 0.308 e. The summed E-state index contributed by atoms with van der Waals surface area (Å²) in [6.45, 7) is 0.688. The minimum absolute atomic E-state index is 0.0366. The highest BCUT2D eigenvalue weighted by Crippen LogP contribution is 2.35. The number of pyridine rings is 1. The van der Waals surface area contributed by atoms with Gasteiger partial charge < -0.3 is 15.1 Å². The second kappa shape index (κ2) is 6.66. The van der Waals surface area contributed by atoms with Gasteiger partial charge in [-0.25, -0.2) is 0 Å². The number of amides is 1. The topological polar surface area (TPSA) is 90.7 Å². The minimum atomic E-state index is -0.867. The molecule has 2 unspecified atom stereocenters. The summed E-state index contributed by atoms with van der Waals surface area (Å²) in [5.41, 5.74) is 0.870. The maximum atomic E-state index is 12.7. The number of aliphatic carboxylic acids is 1. The molecule has 124 valence electrons. The van der Waals surface area contributed by atoms with Crippen LogP contribution in [0.1, 0.15) is 37.2 Å². The Kier molecular flexibility index (Phi) is 4.61. The molecular formula is C17H22N2O4. The normalized spacial score (nSPS) is 31.1. The monoisotopic (exact) mass is 318 g/mol. The predicted octanol–water partition coefficient (Wildman–Crippen LogP) is 1.26. The lowest BCUT2D eigenvalue weighted by atomic mass is 9.86. The Hall–Kier alpha value is -1.95. The highest BCUT2D eigenvalue weighted by atomic mass is 16.4. The van der Waals surface area contributed by atoms with Crippen LogP contribution in [0.5, 0.6) is 0 Å². The van der Waals surface area contributed by atoms with Crippen LogP contribution in [0.15, 0.2) is 24.5 Å². The highest BCUT2D eigenvalue weighted by molar-refractivity contribution is 5.81. The number of carbonyl (C=O) groups is 2. The van der Waals surface area contributed by atoms with Crippen LogP contribution in [0.3, 0.4) is 0 Å². The molecule has 6 heteroatoms. The maximum Gasteiger partial charge on any atom is 0.308 e. The summed E-state index contributed by atoms with van der Waals surface area (Å²) in [6, 6.07) is 3.67. The number of carboxylic acids is 1. The van der Waals surface area contributed by atoms with Crippen LogP contribution >= 0.6 is 0 Å². The summed E-state index contributed by atoms with van der Waals surface area (Å²) in [7, 11) is 0. The number of rotatable bonds is 3. The summed E-state index contributed by atoms with van der Waals surface area (Å²) in [5.74, 6) is -1.71. The Labute approximate surface area is 135 Å². The zero-order valence-corrected chi connectivity index (χ0v) is 13.0. The van der Waals surface area contributed by atoms with Crippen molar-refractivity contribution in [3.63, 3.8) is 0 Å². The lowest BCUT2D eigenvalue weighted by Crippen LogP contribution is -2.37. The SMILES string of the molecule is O=C(O)C1CN(C(=O)C2CCC(O)CC2)CC1c1cccnc1. The van der Waals surface area contributed by atoms with Gasteiger partial charge in [-0.05, 0) is 37.3 Å². The van der Waals surface area contributed by atoms with Gasteiger partial charge in [0.05, 0.1) is 12.0 Å². The molecule has 1 amide bonds. The average molecular weight is 318 g/mol. The Bertz CT molecular complexity index is 569. The van der Waals surface area contributed by atoms with E-state index in [9.17, 15) is 19.8 Å². The van der Waals surface area contributed by atoms with Crippen molar-refractivity contribution in [1.82, 2.24) is 9.88 Å². The van der Waals surface area contributed by atoms with Gasteiger partial charge in [-0.1, -0.05) is 6.07 Å². The van der Waals surface area contributed by atoms with E-state index in [0.717, 1.165) is 5.56 Å². The lowest BCUT2D eigenvalue weighted by Gasteiger charge is -2.28. The standard InChI is InChI=1S/C17H22N2O4/c20-13-5-3-11(4-6-13)16(21)19-9-14(15(10-19)17(22)23)12-2-1-7-18-8-12/h1-2,7-8,11,13-15,20H,3-6,9-10H2,(H,22,23). The second-order valence-electron chi connectivity index (χ2n) is 6.59. The third-order valence-corrected chi connectivity index (χ3v) is 5.11. The molecule has 1 saturated heterocycles. The van der Waals surface area contributed by atoms with Gasteiger partial charge in [0.25, 0.3) is 0 Å². The van der Waals surface area contributed by atoms with Gasteiger partial charge in [-0.3, -0.25) is 14.6 Å². The van der Waals surface area contributed by atoms with E-state index in [2.05, 4.69) is 4.98 Å². The second-order valence-corrected chi connectivity index (χ2v) is 6.59. The lowest BCUT2D eigenvalue weighted by molar-refractivity contribution is -0.142. The number of aliphatic hydroxyl groups is 1. The zero-order valence-electron chi connectivity index (χ0n) is 13.0. The van der Waals surface area contributed by atoms with Crippen LogP contribution in [-0.4, -0.2) is 51.2 Å². The maximum absolute atomic E-state index is 12.7. The van der Waals surface area contributed by atoms with E-state index in [4.69, 9.17) is 0 Å². The van der Waals surface area contributed by atoms with Crippen LogP contribution in [0.4, 0.5) is 0 Å².